The molecule has 2 fully saturated rings. The van der Waals surface area contributed by atoms with Crippen LogP contribution in [-0.4, -0.2) is 41.3 Å². The van der Waals surface area contributed by atoms with E-state index in [1.165, 1.54) is 35.3 Å². The first-order valence-electron chi connectivity index (χ1n) is 21.9. The Labute approximate surface area is 385 Å². The van der Waals surface area contributed by atoms with Gasteiger partial charge >= 0.3 is 12.0 Å². The van der Waals surface area contributed by atoms with E-state index in [1.807, 2.05) is 6.07 Å². The first-order valence-corrected chi connectivity index (χ1v) is 22.8. The van der Waals surface area contributed by atoms with Crippen molar-refractivity contribution in [3.05, 3.63) is 110 Å². The van der Waals surface area contributed by atoms with Crippen molar-refractivity contribution in [2.75, 3.05) is 7.11 Å². The van der Waals surface area contributed by atoms with Crippen molar-refractivity contribution in [2.45, 2.75) is 124 Å². The number of imide groups is 2. The molecule has 5 amide bonds. The molecule has 12 heteroatoms. The third-order valence-corrected chi connectivity index (χ3v) is 14.4. The summed E-state index contributed by atoms with van der Waals surface area (Å²) in [6.07, 6.45) is 7.63. The fraction of sp³-hybridized carbons (Fsp3) is 0.377. The molecular weight excluding hydrogens is 839 g/mol. The quantitative estimate of drug-likeness (QED) is 0.0639. The van der Waals surface area contributed by atoms with Gasteiger partial charge in [-0.1, -0.05) is 73.6 Å². The molecule has 11 nitrogen and oxygen atoms in total. The summed E-state index contributed by atoms with van der Waals surface area (Å²) < 4.78 is 11.2. The summed E-state index contributed by atoms with van der Waals surface area (Å²) in [5.74, 6) is -0.342. The Hall–Kier alpha value is -6.14. The van der Waals surface area contributed by atoms with Crippen molar-refractivity contribution in [2.24, 2.45) is 0 Å². The van der Waals surface area contributed by atoms with Crippen LogP contribution in [-0.2, 0) is 36.0 Å². The Balaban J connectivity index is 0.000000194. The minimum Gasteiger partial charge on any atom is -0.507 e. The molecule has 0 aromatic heterocycles. The van der Waals surface area contributed by atoms with E-state index in [2.05, 4.69) is 109 Å². The third kappa shape index (κ3) is 9.36. The van der Waals surface area contributed by atoms with Crippen LogP contribution in [0.25, 0.3) is 34.4 Å². The molecule has 4 aromatic rings. The molecule has 4 N–H and O–H groups in total. The van der Waals surface area contributed by atoms with Crippen LogP contribution in [0.3, 0.4) is 0 Å². The van der Waals surface area contributed by atoms with E-state index in [1.54, 1.807) is 37.5 Å². The van der Waals surface area contributed by atoms with E-state index in [0.717, 1.165) is 76.4 Å². The van der Waals surface area contributed by atoms with Crippen molar-refractivity contribution >= 4 is 53.0 Å². The monoisotopic (exact) mass is 897 g/mol. The zero-order valence-electron chi connectivity index (χ0n) is 39.4. The molecule has 0 unspecified atom stereocenters. The third-order valence-electron chi connectivity index (χ3n) is 13.5. The number of rotatable bonds is 6. The number of hydrogen-bond donors (Lipinski definition) is 4. The van der Waals surface area contributed by atoms with Gasteiger partial charge in [0.15, 0.2) is 0 Å². The number of hydrogen-bond acceptors (Lipinski definition) is 9. The molecule has 2 saturated heterocycles. The standard InChI is InChI=1S/C27H29NO4S.C26H30N2O4/c1-15-11-20-21(27(5,6)10-9-26(20,3)4)14-18(15)19-12-17(7-8-22(19)32-16(2)29)13-23-24(30)28-25(31)33-23;1-14-9-18-19(26(4,5)8-7-25(18,2)3)12-16(14)17-10-15(21(29)13-22(17)32-6)11-20-23(30)28-24(31)27-20/h7-8,11-14H,9-10H2,1-6H3,(H,28,30,31);9-13,29H,7-8H2,1-6H3,(H2,27,28,30,31)/b23-13-;20-11-. The number of amides is 5. The molecular formula is C53H59N3O8S. The van der Waals surface area contributed by atoms with Gasteiger partial charge in [0.25, 0.3) is 17.1 Å². The van der Waals surface area contributed by atoms with E-state index < -0.39 is 23.8 Å². The van der Waals surface area contributed by atoms with Crippen molar-refractivity contribution in [3.8, 4) is 39.5 Å². The average molecular weight is 898 g/mol. The first-order chi connectivity index (χ1) is 30.3. The van der Waals surface area contributed by atoms with Gasteiger partial charge in [-0.05, 0) is 166 Å². The largest absolute Gasteiger partial charge is 0.507 e. The van der Waals surface area contributed by atoms with E-state index in [4.69, 9.17) is 9.47 Å². The maximum Gasteiger partial charge on any atom is 0.326 e. The second-order valence-corrected chi connectivity index (χ2v) is 21.3. The molecule has 0 bridgehead atoms. The number of fused-ring (bicyclic) bond motifs is 2. The van der Waals surface area contributed by atoms with Crippen LogP contribution in [0.1, 0.15) is 133 Å². The fourth-order valence-corrected chi connectivity index (χ4v) is 10.1. The Kier molecular flexibility index (Phi) is 12.3. The Morgan fingerprint density at radius 1 is 0.631 bits per heavy atom. The van der Waals surface area contributed by atoms with E-state index in [9.17, 15) is 29.1 Å². The Morgan fingerprint density at radius 2 is 1.14 bits per heavy atom. The lowest BCUT2D eigenvalue weighted by Gasteiger charge is -2.42. The summed E-state index contributed by atoms with van der Waals surface area (Å²) in [5.41, 5.74) is 12.8. The number of thioether (sulfide) groups is 1. The molecule has 4 aliphatic rings. The number of esters is 1. The Morgan fingerprint density at radius 3 is 1.58 bits per heavy atom. The van der Waals surface area contributed by atoms with Crippen LogP contribution in [0, 0.1) is 13.8 Å². The minimum absolute atomic E-state index is 0.0351. The lowest BCUT2D eigenvalue weighted by Crippen LogP contribution is -2.34. The highest BCUT2D eigenvalue weighted by Crippen LogP contribution is 2.50. The van der Waals surface area contributed by atoms with E-state index >= 15 is 0 Å². The molecule has 65 heavy (non-hydrogen) atoms. The molecule has 0 radical (unpaired) electrons. The summed E-state index contributed by atoms with van der Waals surface area (Å²) in [5, 5.41) is 17.1. The summed E-state index contributed by atoms with van der Waals surface area (Å²) in [6, 6.07) is 17.3. The van der Waals surface area contributed by atoms with Gasteiger partial charge in [-0.3, -0.25) is 29.8 Å². The van der Waals surface area contributed by atoms with Crippen LogP contribution >= 0.6 is 11.8 Å². The molecule has 0 saturated carbocycles. The van der Waals surface area contributed by atoms with Crippen LogP contribution in [0.2, 0.25) is 0 Å². The zero-order chi connectivity index (χ0) is 47.6. The van der Waals surface area contributed by atoms with Gasteiger partial charge < -0.3 is 19.9 Å². The highest BCUT2D eigenvalue weighted by molar-refractivity contribution is 8.18. The number of urea groups is 1. The normalized spacial score (nSPS) is 19.9. The molecule has 8 rings (SSSR count). The predicted octanol–water partition coefficient (Wildman–Crippen LogP) is 11.2. The van der Waals surface area contributed by atoms with Crippen LogP contribution in [0.15, 0.2) is 65.2 Å². The number of aryl methyl sites for hydroxylation is 2. The van der Waals surface area contributed by atoms with Gasteiger partial charge in [-0.15, -0.1) is 0 Å². The Bertz CT molecular complexity index is 2770. The van der Waals surface area contributed by atoms with Gasteiger partial charge in [-0.25, -0.2) is 4.79 Å². The summed E-state index contributed by atoms with van der Waals surface area (Å²) in [4.78, 5) is 59.1. The lowest BCUT2D eigenvalue weighted by atomic mass is 9.62. The van der Waals surface area contributed by atoms with E-state index in [0.29, 0.717) is 22.0 Å². The fourth-order valence-electron chi connectivity index (χ4n) is 9.41. The van der Waals surface area contributed by atoms with Crippen LogP contribution < -0.4 is 25.4 Å². The van der Waals surface area contributed by atoms with Crippen molar-refractivity contribution < 1.29 is 38.6 Å². The highest BCUT2D eigenvalue weighted by atomic mass is 32.2. The number of ether oxygens (including phenoxy) is 2. The molecule has 4 aromatic carbocycles. The molecule has 2 heterocycles. The highest BCUT2D eigenvalue weighted by Gasteiger charge is 2.39. The molecule has 0 atom stereocenters. The van der Waals surface area contributed by atoms with Crippen molar-refractivity contribution in [3.63, 3.8) is 0 Å². The maximum atomic E-state index is 12.0. The smallest absolute Gasteiger partial charge is 0.326 e. The van der Waals surface area contributed by atoms with Gasteiger partial charge in [-0.2, -0.15) is 0 Å². The SMILES string of the molecule is CC(=O)Oc1ccc(/C=C2\SC(=O)NC2=O)cc1-c1cc2c(cc1C)C(C)(C)CCC2(C)C.COc1cc(O)c(/C=C2\NC(=O)NC2=O)cc1-c1cc2c(cc1C)C(C)(C)CCC2(C)C. The van der Waals surface area contributed by atoms with Crippen LogP contribution in [0.5, 0.6) is 17.2 Å². The number of carbonyl (C=O) groups is 5. The van der Waals surface area contributed by atoms with Gasteiger partial charge in [0.05, 0.1) is 12.0 Å². The number of carbonyl (C=O) groups excluding carboxylic acids is 5. The number of benzene rings is 4. The number of phenols is 1. The first kappa shape index (κ1) is 46.8. The second kappa shape index (κ2) is 17.0. The van der Waals surface area contributed by atoms with Crippen molar-refractivity contribution in [1.29, 1.82) is 0 Å². The van der Waals surface area contributed by atoms with Gasteiger partial charge in [0.1, 0.15) is 22.9 Å². The predicted molar refractivity (Wildman–Crippen MR) is 257 cm³/mol. The average Bonchev–Trinajstić information content (AvgIpc) is 3.72. The van der Waals surface area contributed by atoms with E-state index in [-0.39, 0.29) is 38.3 Å². The lowest BCUT2D eigenvalue weighted by molar-refractivity contribution is -0.131. The maximum absolute atomic E-state index is 12.0. The molecule has 340 valence electrons. The van der Waals surface area contributed by atoms with Crippen molar-refractivity contribution in [1.82, 2.24) is 16.0 Å². The minimum atomic E-state index is -0.579. The number of phenolic OH excluding ortho intramolecular Hbond substituents is 1. The summed E-state index contributed by atoms with van der Waals surface area (Å²) in [6.45, 7) is 23.9. The number of aromatic hydroxyl groups is 1. The van der Waals surface area contributed by atoms with Crippen LogP contribution in [0.4, 0.5) is 9.59 Å². The molecule has 0 spiro atoms. The zero-order valence-corrected chi connectivity index (χ0v) is 40.2. The molecule has 2 aliphatic heterocycles. The topological polar surface area (TPSA) is 160 Å². The summed E-state index contributed by atoms with van der Waals surface area (Å²) in [7, 11) is 1.57. The van der Waals surface area contributed by atoms with Gasteiger partial charge in [0.2, 0.25) is 0 Å². The number of methoxy groups -OCH3 is 1. The van der Waals surface area contributed by atoms with Gasteiger partial charge in [0, 0.05) is 29.7 Å². The number of nitrogens with one attached hydrogen (secondary N) is 3. The summed E-state index contributed by atoms with van der Waals surface area (Å²) >= 11 is 0.882. The second-order valence-electron chi connectivity index (χ2n) is 20.2. The molecule has 2 aliphatic carbocycles.